The normalized spacial score (nSPS) is 12.9. The van der Waals surface area contributed by atoms with E-state index >= 15 is 0 Å². The lowest BCUT2D eigenvalue weighted by molar-refractivity contribution is 0.123. The Bertz CT molecular complexity index is 710. The molecule has 3 rings (SSSR count). The summed E-state index contributed by atoms with van der Waals surface area (Å²) in [5, 5.41) is 14.5. The number of rotatable bonds is 5. The zero-order valence-electron chi connectivity index (χ0n) is 11.9. The molecule has 3 aromatic rings. The minimum absolute atomic E-state index is 0.534. The van der Waals surface area contributed by atoms with Crippen molar-refractivity contribution in [3.8, 4) is 0 Å². The van der Waals surface area contributed by atoms with Crippen LogP contribution in [0.4, 0.5) is 0 Å². The lowest BCUT2D eigenvalue weighted by Crippen LogP contribution is -2.24. The van der Waals surface area contributed by atoms with Crippen LogP contribution in [0.25, 0.3) is 5.52 Å². The van der Waals surface area contributed by atoms with Crippen molar-refractivity contribution >= 4 is 5.52 Å². The van der Waals surface area contributed by atoms with Crippen molar-refractivity contribution in [1.29, 1.82) is 0 Å². The SMILES string of the molecule is CN(Cc1cccn2nccc12)CC(O)c1cccnc1. The monoisotopic (exact) mass is 282 g/mol. The summed E-state index contributed by atoms with van der Waals surface area (Å²) >= 11 is 0. The highest BCUT2D eigenvalue weighted by Crippen LogP contribution is 2.16. The van der Waals surface area contributed by atoms with Crippen LogP contribution in [0.3, 0.4) is 0 Å². The van der Waals surface area contributed by atoms with Gasteiger partial charge in [-0.3, -0.25) is 9.88 Å². The molecule has 1 atom stereocenters. The quantitative estimate of drug-likeness (QED) is 0.776. The fraction of sp³-hybridized carbons (Fsp3) is 0.250. The van der Waals surface area contributed by atoms with E-state index in [1.165, 1.54) is 5.56 Å². The first-order chi connectivity index (χ1) is 10.2. The van der Waals surface area contributed by atoms with Gasteiger partial charge in [-0.2, -0.15) is 5.10 Å². The van der Waals surface area contributed by atoms with Crippen molar-refractivity contribution in [3.63, 3.8) is 0 Å². The predicted molar refractivity (Wildman–Crippen MR) is 80.7 cm³/mol. The Morgan fingerprint density at radius 2 is 2.14 bits per heavy atom. The summed E-state index contributed by atoms with van der Waals surface area (Å²) in [5.74, 6) is 0. The van der Waals surface area contributed by atoms with Crippen molar-refractivity contribution in [2.45, 2.75) is 12.6 Å². The number of fused-ring (bicyclic) bond motifs is 1. The number of hydrogen-bond donors (Lipinski definition) is 1. The molecule has 108 valence electrons. The van der Waals surface area contributed by atoms with E-state index in [1.807, 2.05) is 42.0 Å². The zero-order valence-corrected chi connectivity index (χ0v) is 11.9. The van der Waals surface area contributed by atoms with Crippen LogP contribution in [0.2, 0.25) is 0 Å². The summed E-state index contributed by atoms with van der Waals surface area (Å²) in [6.45, 7) is 1.31. The molecule has 3 aromatic heterocycles. The molecule has 0 radical (unpaired) electrons. The molecule has 0 aliphatic heterocycles. The summed E-state index contributed by atoms with van der Waals surface area (Å²) in [5.41, 5.74) is 3.13. The first kappa shape index (κ1) is 13.7. The van der Waals surface area contributed by atoms with Gasteiger partial charge in [0.1, 0.15) is 0 Å². The molecular weight excluding hydrogens is 264 g/mol. The van der Waals surface area contributed by atoms with Gasteiger partial charge in [0.2, 0.25) is 0 Å². The van der Waals surface area contributed by atoms with E-state index in [4.69, 9.17) is 0 Å². The molecule has 5 nitrogen and oxygen atoms in total. The Hall–Kier alpha value is -2.24. The minimum atomic E-state index is -0.534. The first-order valence-corrected chi connectivity index (χ1v) is 6.92. The Morgan fingerprint density at radius 1 is 1.24 bits per heavy atom. The van der Waals surface area contributed by atoms with Gasteiger partial charge in [-0.25, -0.2) is 4.52 Å². The van der Waals surface area contributed by atoms with Gasteiger partial charge < -0.3 is 5.11 Å². The number of aliphatic hydroxyl groups excluding tert-OH is 1. The van der Waals surface area contributed by atoms with Gasteiger partial charge in [0.05, 0.1) is 11.6 Å². The van der Waals surface area contributed by atoms with Gasteiger partial charge >= 0.3 is 0 Å². The maximum Gasteiger partial charge on any atom is 0.0931 e. The highest BCUT2D eigenvalue weighted by molar-refractivity contribution is 5.53. The Morgan fingerprint density at radius 3 is 2.95 bits per heavy atom. The molecule has 3 heterocycles. The van der Waals surface area contributed by atoms with Crippen molar-refractivity contribution in [2.75, 3.05) is 13.6 Å². The number of aliphatic hydroxyl groups is 1. The van der Waals surface area contributed by atoms with Gasteiger partial charge in [0, 0.05) is 43.4 Å². The van der Waals surface area contributed by atoms with Crippen LogP contribution in [-0.2, 0) is 6.54 Å². The molecule has 0 aliphatic rings. The third kappa shape index (κ3) is 3.09. The fourth-order valence-corrected chi connectivity index (χ4v) is 2.48. The van der Waals surface area contributed by atoms with Gasteiger partial charge in [-0.1, -0.05) is 12.1 Å². The molecule has 0 spiro atoms. The van der Waals surface area contributed by atoms with Crippen molar-refractivity contribution in [1.82, 2.24) is 19.5 Å². The van der Waals surface area contributed by atoms with Crippen LogP contribution in [0.15, 0.2) is 55.1 Å². The van der Waals surface area contributed by atoms with Crippen LogP contribution in [0.5, 0.6) is 0 Å². The lowest BCUT2D eigenvalue weighted by Gasteiger charge is -2.21. The smallest absolute Gasteiger partial charge is 0.0931 e. The molecule has 0 fully saturated rings. The molecule has 0 saturated heterocycles. The topological polar surface area (TPSA) is 53.7 Å². The largest absolute Gasteiger partial charge is 0.387 e. The molecule has 0 saturated carbocycles. The standard InChI is InChI=1S/C16H18N4O/c1-19(12-16(21)13-4-2-7-17-10-13)11-14-5-3-9-20-15(14)6-8-18-20/h2-10,16,21H,11-12H2,1H3. The van der Waals surface area contributed by atoms with E-state index in [0.29, 0.717) is 6.54 Å². The molecule has 1 N–H and O–H groups in total. The second kappa shape index (κ2) is 6.03. The molecule has 5 heteroatoms. The van der Waals surface area contributed by atoms with Gasteiger partial charge in [-0.15, -0.1) is 0 Å². The van der Waals surface area contributed by atoms with Crippen LogP contribution >= 0.6 is 0 Å². The lowest BCUT2D eigenvalue weighted by atomic mass is 10.1. The molecular formula is C16H18N4O. The Labute approximate surface area is 123 Å². The number of hydrogen-bond acceptors (Lipinski definition) is 4. The number of aromatic nitrogens is 3. The summed E-state index contributed by atoms with van der Waals surface area (Å²) < 4.78 is 1.86. The molecule has 21 heavy (non-hydrogen) atoms. The van der Waals surface area contributed by atoms with Crippen LogP contribution < -0.4 is 0 Å². The van der Waals surface area contributed by atoms with Crippen molar-refractivity contribution in [2.24, 2.45) is 0 Å². The summed E-state index contributed by atoms with van der Waals surface area (Å²) in [6.07, 6.45) is 6.61. The molecule has 1 unspecified atom stereocenters. The van der Waals surface area contributed by atoms with E-state index in [9.17, 15) is 5.11 Å². The second-order valence-corrected chi connectivity index (χ2v) is 5.19. The average Bonchev–Trinajstić information content (AvgIpc) is 2.97. The fourth-order valence-electron chi connectivity index (χ4n) is 2.48. The van der Waals surface area contributed by atoms with E-state index in [1.54, 1.807) is 18.6 Å². The Balaban J connectivity index is 1.69. The molecule has 0 aromatic carbocycles. The maximum atomic E-state index is 10.2. The highest BCUT2D eigenvalue weighted by Gasteiger charge is 2.12. The third-order valence-corrected chi connectivity index (χ3v) is 3.52. The van der Waals surface area contributed by atoms with E-state index in [2.05, 4.69) is 21.0 Å². The summed E-state index contributed by atoms with van der Waals surface area (Å²) in [6, 6.07) is 9.81. The molecule has 0 bridgehead atoms. The van der Waals surface area contributed by atoms with Gasteiger partial charge in [0.25, 0.3) is 0 Å². The first-order valence-electron chi connectivity index (χ1n) is 6.92. The van der Waals surface area contributed by atoms with Crippen LogP contribution in [0, 0.1) is 0 Å². The van der Waals surface area contributed by atoms with E-state index in [0.717, 1.165) is 17.6 Å². The van der Waals surface area contributed by atoms with Crippen LogP contribution in [-0.4, -0.2) is 38.2 Å². The minimum Gasteiger partial charge on any atom is -0.387 e. The molecule has 0 amide bonds. The molecule has 0 aliphatic carbocycles. The van der Waals surface area contributed by atoms with Gasteiger partial charge in [-0.05, 0) is 30.8 Å². The van der Waals surface area contributed by atoms with Crippen molar-refractivity contribution in [3.05, 3.63) is 66.2 Å². The zero-order chi connectivity index (χ0) is 14.7. The second-order valence-electron chi connectivity index (χ2n) is 5.19. The van der Waals surface area contributed by atoms with E-state index in [-0.39, 0.29) is 0 Å². The van der Waals surface area contributed by atoms with E-state index < -0.39 is 6.10 Å². The van der Waals surface area contributed by atoms with Gasteiger partial charge in [0.15, 0.2) is 0 Å². The number of pyridine rings is 2. The summed E-state index contributed by atoms with van der Waals surface area (Å²) in [4.78, 5) is 6.14. The van der Waals surface area contributed by atoms with Crippen LogP contribution in [0.1, 0.15) is 17.2 Å². The maximum absolute atomic E-state index is 10.2. The average molecular weight is 282 g/mol. The van der Waals surface area contributed by atoms with Crippen molar-refractivity contribution < 1.29 is 5.11 Å². The number of nitrogens with zero attached hydrogens (tertiary/aromatic N) is 4. The number of likely N-dealkylation sites (N-methyl/N-ethyl adjacent to an activating group) is 1. The Kier molecular flexibility index (Phi) is 3.94. The highest BCUT2D eigenvalue weighted by atomic mass is 16.3. The third-order valence-electron chi connectivity index (χ3n) is 3.52. The summed E-state index contributed by atoms with van der Waals surface area (Å²) in [7, 11) is 2.00. The predicted octanol–water partition coefficient (Wildman–Crippen LogP) is 1.89.